The molecular weight excluding hydrogens is 1530 g/mol. The average Bonchev–Trinajstić information content (AvgIpc) is 1.54. The minimum absolute atomic E-state index is 0.0472. The van der Waals surface area contributed by atoms with Crippen LogP contribution in [0.1, 0.15) is 155 Å². The maximum absolute atomic E-state index is 11.6. The molecule has 1 fully saturated rings. The number of hydrogen-bond donors (Lipinski definition) is 7. The highest BCUT2D eigenvalue weighted by Gasteiger charge is 2.36. The lowest BCUT2D eigenvalue weighted by atomic mass is 9.75. The van der Waals surface area contributed by atoms with Crippen LogP contribution in [0.5, 0.6) is 0 Å². The van der Waals surface area contributed by atoms with Gasteiger partial charge in [-0.25, -0.2) is 4.98 Å². The highest BCUT2D eigenvalue weighted by Crippen LogP contribution is 2.41. The Hall–Kier alpha value is -14.2. The van der Waals surface area contributed by atoms with Crippen molar-refractivity contribution < 1.29 is 33.9 Å². The number of amides is 6. The van der Waals surface area contributed by atoms with Gasteiger partial charge in [0.2, 0.25) is 29.5 Å². The zero-order chi connectivity index (χ0) is 87.1. The van der Waals surface area contributed by atoms with Crippen molar-refractivity contribution in [3.63, 3.8) is 0 Å². The van der Waals surface area contributed by atoms with Crippen LogP contribution in [0.25, 0.3) is 65.8 Å². The Labute approximate surface area is 718 Å². The molecule has 0 atom stereocenters. The van der Waals surface area contributed by atoms with Crippen molar-refractivity contribution >= 4 is 118 Å². The third kappa shape index (κ3) is 22.8. The van der Waals surface area contributed by atoms with Crippen LogP contribution in [0.4, 0.5) is 28.4 Å². The molecule has 0 saturated heterocycles. The van der Waals surface area contributed by atoms with E-state index in [9.17, 15) is 33.9 Å². The molecule has 626 valence electrons. The van der Waals surface area contributed by atoms with Crippen LogP contribution in [0.15, 0.2) is 286 Å². The van der Waals surface area contributed by atoms with Crippen molar-refractivity contribution in [2.24, 2.45) is 0 Å². The third-order valence-corrected chi connectivity index (χ3v) is 21.8. The fraction of sp³-hybridized carbons (Fsp3) is 0.223. The van der Waals surface area contributed by atoms with Crippen LogP contribution < -0.4 is 31.9 Å². The smallest absolute Gasteiger partial charge is 0.251 e. The van der Waals surface area contributed by atoms with Crippen LogP contribution >= 0.6 is 0 Å². The van der Waals surface area contributed by atoms with E-state index in [-0.39, 0.29) is 40.9 Å². The molecule has 6 heterocycles. The largest absolute Gasteiger partial charge is 0.385 e. The molecule has 17 rings (SSSR count). The van der Waals surface area contributed by atoms with Gasteiger partial charge in [-0.1, -0.05) is 144 Å². The normalized spacial score (nSPS) is 12.0. The van der Waals surface area contributed by atoms with Crippen molar-refractivity contribution in [1.29, 1.82) is 0 Å². The molecule has 1 saturated carbocycles. The summed E-state index contributed by atoms with van der Waals surface area (Å²) in [7, 11) is 1.62. The molecule has 6 aromatic heterocycles. The van der Waals surface area contributed by atoms with Crippen molar-refractivity contribution in [2.75, 3.05) is 33.6 Å². The zero-order valence-corrected chi connectivity index (χ0v) is 71.9. The van der Waals surface area contributed by atoms with E-state index in [0.29, 0.717) is 11.5 Å². The van der Waals surface area contributed by atoms with Crippen LogP contribution in [0.2, 0.25) is 0 Å². The predicted molar refractivity (Wildman–Crippen MR) is 499 cm³/mol. The first-order chi connectivity index (χ1) is 59.0. The van der Waals surface area contributed by atoms with Gasteiger partial charge < -0.3 is 59.8 Å². The summed E-state index contributed by atoms with van der Waals surface area (Å²) in [5, 5.41) is 32.7. The molecule has 1 aliphatic rings. The topological polar surface area (TPSA) is 245 Å². The van der Waals surface area contributed by atoms with Gasteiger partial charge in [-0.05, 0) is 215 Å². The quantitative estimate of drug-likeness (QED) is 0.0406. The number of carbonyl (C=O) groups is 6. The Kier molecular flexibility index (Phi) is 27.4. The first-order valence-electron chi connectivity index (χ1n) is 41.6. The summed E-state index contributed by atoms with van der Waals surface area (Å²) < 4.78 is 11.0. The van der Waals surface area contributed by atoms with Gasteiger partial charge in [0, 0.05) is 206 Å². The predicted octanol–water partition coefficient (Wildman–Crippen LogP) is 21.2. The molecule has 0 unspecified atom stereocenters. The van der Waals surface area contributed by atoms with E-state index in [0.717, 1.165) is 152 Å². The maximum Gasteiger partial charge on any atom is 0.251 e. The maximum atomic E-state index is 11.6. The molecule has 0 aliphatic heterocycles. The van der Waals surface area contributed by atoms with Gasteiger partial charge in [-0.3, -0.25) is 33.8 Å². The fourth-order valence-corrected chi connectivity index (χ4v) is 15.2. The number of benzene rings is 10. The first-order valence-corrected chi connectivity index (χ1v) is 41.6. The summed E-state index contributed by atoms with van der Waals surface area (Å²) >= 11 is 0. The van der Waals surface area contributed by atoms with Crippen LogP contribution in [0.3, 0.4) is 0 Å². The highest BCUT2D eigenvalue weighted by molar-refractivity contribution is 5.97. The van der Waals surface area contributed by atoms with Gasteiger partial charge in [0.05, 0.1) is 23.2 Å². The second-order valence-electron chi connectivity index (χ2n) is 32.9. The van der Waals surface area contributed by atoms with E-state index in [1.54, 1.807) is 19.4 Å². The molecule has 16 aromatic rings. The Morgan fingerprint density at radius 2 is 0.699 bits per heavy atom. The summed E-state index contributed by atoms with van der Waals surface area (Å²) in [5.74, 6) is 0.174. The van der Waals surface area contributed by atoms with Gasteiger partial charge in [0.1, 0.15) is 0 Å². The SMILES string of the molecule is CC(=O)Nc1ccc2c(ccn2Cc2ccc(-c3cncc(C)n3)cc2)c1.CC(=O)Nc1ccc2c(ccn2Cc2ccc(C(C)(C)C)cc2)c1.CC(=O)Nc1ccc2c(ccn2Cc2ccc(C(C)C)cc2)c1.CC(=O)Nc1ccc2c(ccn2Cc2ccc(C3(O)CCC3)cc2)c1.CNC(=O)c1ccc(Cn2ccc3cc(NC(C)=O)ccc32)cc1. The highest BCUT2D eigenvalue weighted by atomic mass is 16.3. The molecule has 123 heavy (non-hydrogen) atoms. The zero-order valence-electron chi connectivity index (χ0n) is 71.9. The van der Waals surface area contributed by atoms with Crippen molar-refractivity contribution in [3.05, 3.63) is 342 Å². The van der Waals surface area contributed by atoms with Crippen LogP contribution in [-0.2, 0) is 67.7 Å². The Morgan fingerprint density at radius 1 is 0.398 bits per heavy atom. The Bertz CT molecular complexity index is 6430. The second-order valence-corrected chi connectivity index (χ2v) is 32.9. The van der Waals surface area contributed by atoms with Crippen molar-refractivity contribution in [3.8, 4) is 11.3 Å². The first kappa shape index (κ1) is 86.6. The van der Waals surface area contributed by atoms with Gasteiger partial charge in [0.25, 0.3) is 5.91 Å². The summed E-state index contributed by atoms with van der Waals surface area (Å²) in [6, 6.07) is 82.1. The van der Waals surface area contributed by atoms with Gasteiger partial charge in [0.15, 0.2) is 0 Å². The number of aromatic nitrogens is 7. The molecule has 10 aromatic carbocycles. The number of nitrogens with zero attached hydrogens (tertiary/aromatic N) is 7. The number of nitrogens with one attached hydrogen (secondary N) is 6. The van der Waals surface area contributed by atoms with E-state index in [2.05, 4.69) is 258 Å². The minimum atomic E-state index is -0.598. The number of aryl methyl sites for hydroxylation is 1. The van der Waals surface area contributed by atoms with Crippen molar-refractivity contribution in [2.45, 2.75) is 145 Å². The number of fused-ring (bicyclic) bond motifs is 5. The van der Waals surface area contributed by atoms with Crippen molar-refractivity contribution in [1.82, 2.24) is 38.1 Å². The van der Waals surface area contributed by atoms with E-state index in [4.69, 9.17) is 0 Å². The third-order valence-electron chi connectivity index (χ3n) is 21.8. The molecular formula is C103H107N13O7. The molecule has 20 nitrogen and oxygen atoms in total. The van der Waals surface area contributed by atoms with Crippen LogP contribution in [0, 0.1) is 6.92 Å². The molecule has 1 aliphatic carbocycles. The molecule has 6 amide bonds. The summed E-state index contributed by atoms with van der Waals surface area (Å²) in [4.78, 5) is 76.2. The van der Waals surface area contributed by atoms with Gasteiger partial charge >= 0.3 is 0 Å². The standard InChI is InChI=1S/C22H20N4O.C21H22N2O2.C21H24N2O.C20H22N2O.C19H19N3O2/c1-15-12-23-13-21(24-15)18-5-3-17(4-6-18)14-26-10-9-19-11-20(25-16(2)27)7-8-22(19)26;1-15(24)22-19-7-8-20-17(13-19)9-12-23(20)14-16-3-5-18(6-4-16)21(25)10-2-11-21;1-15(24)22-19-9-10-20-17(13-19)11-12-23(20)14-16-5-7-18(8-6-16)21(2,3)4;1-14(2)17-6-4-16(5-7-17)13-22-11-10-18-12-19(21-15(3)23)8-9-20(18)22;1-13(23)21-17-7-8-18-16(11-17)9-10-22(18)12-14-3-5-15(6-4-14)19(24)20-2/h3-13H,14H2,1-2H3,(H,25,27);3-9,12-13,25H,2,10-11,14H2,1H3,(H,22,24);5-13H,14H2,1-4H3,(H,22,24);4-12,14H,13H2,1-3H3,(H,21,23);3-11H,12H2,1-2H3,(H,20,24)(H,21,23). The summed E-state index contributed by atoms with van der Waals surface area (Å²) in [6.45, 7) is 24.6. The lowest BCUT2D eigenvalue weighted by molar-refractivity contribution is -0.115. The van der Waals surface area contributed by atoms with Gasteiger partial charge in [-0.2, -0.15) is 0 Å². The summed E-state index contributed by atoms with van der Waals surface area (Å²) in [6.07, 6.45) is 16.7. The van der Waals surface area contributed by atoms with E-state index in [1.807, 2.05) is 122 Å². The second kappa shape index (κ2) is 38.9. The molecule has 20 heteroatoms. The number of anilines is 5. The molecule has 0 spiro atoms. The molecule has 7 N–H and O–H groups in total. The number of aliphatic hydroxyl groups is 1. The van der Waals surface area contributed by atoms with E-state index in [1.165, 1.54) is 79.0 Å². The average molecular weight is 1640 g/mol. The van der Waals surface area contributed by atoms with Crippen LogP contribution in [-0.4, -0.2) is 80.4 Å². The molecule has 0 radical (unpaired) electrons. The Morgan fingerprint density at radius 3 is 0.976 bits per heavy atom. The Balaban J connectivity index is 0.000000132. The van der Waals surface area contributed by atoms with E-state index < -0.39 is 5.60 Å². The van der Waals surface area contributed by atoms with E-state index >= 15 is 0 Å². The number of carbonyl (C=O) groups excluding carboxylic acids is 6. The number of hydrogen-bond acceptors (Lipinski definition) is 9. The minimum Gasteiger partial charge on any atom is -0.385 e. The lowest BCUT2D eigenvalue weighted by Crippen LogP contribution is -2.33. The fourth-order valence-electron chi connectivity index (χ4n) is 15.2. The lowest BCUT2D eigenvalue weighted by Gasteiger charge is -2.37. The summed E-state index contributed by atoms with van der Waals surface area (Å²) in [5.41, 5.74) is 22.8. The number of rotatable bonds is 19. The molecule has 0 bridgehead atoms. The van der Waals surface area contributed by atoms with Gasteiger partial charge in [-0.15, -0.1) is 0 Å². The monoisotopic (exact) mass is 1640 g/mol.